The van der Waals surface area contributed by atoms with Crippen LogP contribution in [0.5, 0.6) is 23.0 Å². The van der Waals surface area contributed by atoms with E-state index in [1.807, 2.05) is 36.4 Å². The number of amides is 1. The van der Waals surface area contributed by atoms with E-state index >= 15 is 0 Å². The van der Waals surface area contributed by atoms with Crippen molar-refractivity contribution in [2.45, 2.75) is 0 Å². The van der Waals surface area contributed by atoms with Crippen LogP contribution in [-0.2, 0) is 4.79 Å². The van der Waals surface area contributed by atoms with Gasteiger partial charge in [0.05, 0.1) is 27.9 Å². The Balaban J connectivity index is 1.53. The predicted molar refractivity (Wildman–Crippen MR) is 118 cm³/mol. The molecule has 0 spiro atoms. The highest BCUT2D eigenvalue weighted by molar-refractivity contribution is 5.92. The summed E-state index contributed by atoms with van der Waals surface area (Å²) in [7, 11) is 4.63. The zero-order chi connectivity index (χ0) is 21.3. The van der Waals surface area contributed by atoms with Gasteiger partial charge in [-0.05, 0) is 41.1 Å². The minimum absolute atomic E-state index is 0.228. The number of carbonyl (C=O) groups is 1. The summed E-state index contributed by atoms with van der Waals surface area (Å²) in [5.41, 5.74) is 0.706. The van der Waals surface area contributed by atoms with Crippen LogP contribution in [0, 0.1) is 0 Å². The molecule has 0 unspecified atom stereocenters. The van der Waals surface area contributed by atoms with Crippen molar-refractivity contribution in [2.24, 2.45) is 0 Å². The molecule has 0 saturated carbocycles. The molecule has 6 heteroatoms. The Kier molecular flexibility index (Phi) is 7.16. The van der Waals surface area contributed by atoms with Crippen molar-refractivity contribution in [3.8, 4) is 23.0 Å². The molecular formula is C24H25NO5. The molecule has 0 aliphatic carbocycles. The molecule has 3 aromatic carbocycles. The van der Waals surface area contributed by atoms with Crippen molar-refractivity contribution in [1.29, 1.82) is 0 Å². The molecule has 0 fully saturated rings. The molecule has 156 valence electrons. The largest absolute Gasteiger partial charge is 0.493 e. The van der Waals surface area contributed by atoms with Gasteiger partial charge in [-0.25, -0.2) is 0 Å². The lowest BCUT2D eigenvalue weighted by Gasteiger charge is -2.14. The molecule has 0 aromatic heterocycles. The molecule has 6 nitrogen and oxygen atoms in total. The smallest absolute Gasteiger partial charge is 0.244 e. The van der Waals surface area contributed by atoms with Crippen LogP contribution in [-0.4, -0.2) is 40.4 Å². The monoisotopic (exact) mass is 407 g/mol. The number of hydrogen-bond donors (Lipinski definition) is 1. The van der Waals surface area contributed by atoms with E-state index in [2.05, 4.69) is 11.4 Å². The van der Waals surface area contributed by atoms with Crippen LogP contribution in [0.2, 0.25) is 0 Å². The van der Waals surface area contributed by atoms with E-state index in [0.717, 1.165) is 16.5 Å². The van der Waals surface area contributed by atoms with Crippen molar-refractivity contribution in [3.05, 3.63) is 66.2 Å². The third-order valence-electron chi connectivity index (χ3n) is 4.54. The van der Waals surface area contributed by atoms with E-state index < -0.39 is 0 Å². The lowest BCUT2D eigenvalue weighted by atomic mass is 10.1. The Morgan fingerprint density at radius 2 is 1.67 bits per heavy atom. The number of ether oxygens (including phenoxy) is 4. The molecule has 3 aromatic rings. The molecule has 0 heterocycles. The van der Waals surface area contributed by atoms with E-state index in [9.17, 15) is 4.79 Å². The van der Waals surface area contributed by atoms with Gasteiger partial charge in [0.25, 0.3) is 0 Å². The summed E-state index contributed by atoms with van der Waals surface area (Å²) >= 11 is 0. The lowest BCUT2D eigenvalue weighted by Crippen LogP contribution is -2.26. The van der Waals surface area contributed by atoms with E-state index in [0.29, 0.717) is 36.0 Å². The van der Waals surface area contributed by atoms with E-state index in [4.69, 9.17) is 18.9 Å². The molecule has 0 radical (unpaired) electrons. The normalized spacial score (nSPS) is 10.8. The van der Waals surface area contributed by atoms with Gasteiger partial charge < -0.3 is 24.3 Å². The highest BCUT2D eigenvalue weighted by atomic mass is 16.5. The summed E-state index contributed by atoms with van der Waals surface area (Å²) in [5.74, 6) is 2.08. The van der Waals surface area contributed by atoms with E-state index in [-0.39, 0.29) is 5.91 Å². The standard InChI is InChI=1S/C24H25NO5/c1-27-21-12-9-18(23(28-2)24(21)29-3)10-13-22(26)25-14-15-30-20-11-8-17-6-4-5-7-19(17)16-20/h4-13,16H,14-15H2,1-3H3,(H,25,26)/b13-10+. The fraction of sp³-hybridized carbons (Fsp3) is 0.208. The first-order valence-corrected chi connectivity index (χ1v) is 9.52. The Hall–Kier alpha value is -3.67. The van der Waals surface area contributed by atoms with Crippen molar-refractivity contribution in [3.63, 3.8) is 0 Å². The zero-order valence-electron chi connectivity index (χ0n) is 17.3. The maximum atomic E-state index is 12.1. The molecule has 0 aliphatic rings. The average Bonchev–Trinajstić information content (AvgIpc) is 2.79. The summed E-state index contributed by atoms with van der Waals surface area (Å²) in [5, 5.41) is 5.08. The van der Waals surface area contributed by atoms with Gasteiger partial charge in [0.1, 0.15) is 12.4 Å². The second kappa shape index (κ2) is 10.2. The van der Waals surface area contributed by atoms with Crippen LogP contribution in [0.4, 0.5) is 0 Å². The van der Waals surface area contributed by atoms with Gasteiger partial charge >= 0.3 is 0 Å². The maximum Gasteiger partial charge on any atom is 0.244 e. The average molecular weight is 407 g/mol. The Morgan fingerprint density at radius 1 is 0.900 bits per heavy atom. The molecule has 1 amide bonds. The second-order valence-corrected chi connectivity index (χ2v) is 6.41. The first-order chi connectivity index (χ1) is 14.7. The lowest BCUT2D eigenvalue weighted by molar-refractivity contribution is -0.116. The molecule has 30 heavy (non-hydrogen) atoms. The molecular weight excluding hydrogens is 382 g/mol. The summed E-state index contributed by atoms with van der Waals surface area (Å²) in [4.78, 5) is 12.1. The number of nitrogens with one attached hydrogen (secondary N) is 1. The summed E-state index contributed by atoms with van der Waals surface area (Å²) in [6.45, 7) is 0.761. The zero-order valence-corrected chi connectivity index (χ0v) is 17.3. The van der Waals surface area contributed by atoms with Crippen molar-refractivity contribution in [1.82, 2.24) is 5.32 Å². The van der Waals surface area contributed by atoms with Crippen LogP contribution in [0.15, 0.2) is 60.7 Å². The van der Waals surface area contributed by atoms with Crippen molar-refractivity contribution in [2.75, 3.05) is 34.5 Å². The molecule has 0 aliphatic heterocycles. The molecule has 1 N–H and O–H groups in total. The first-order valence-electron chi connectivity index (χ1n) is 9.52. The fourth-order valence-corrected chi connectivity index (χ4v) is 3.08. The molecule has 3 rings (SSSR count). The number of hydrogen-bond acceptors (Lipinski definition) is 5. The van der Waals surface area contributed by atoms with Gasteiger partial charge in [0.15, 0.2) is 11.5 Å². The van der Waals surface area contributed by atoms with Crippen LogP contribution < -0.4 is 24.3 Å². The van der Waals surface area contributed by atoms with E-state index in [1.54, 1.807) is 32.4 Å². The summed E-state index contributed by atoms with van der Waals surface area (Å²) < 4.78 is 21.8. The SMILES string of the molecule is COc1ccc(/C=C/C(=O)NCCOc2ccc3ccccc3c2)c(OC)c1OC. The van der Waals surface area contributed by atoms with Crippen LogP contribution in [0.3, 0.4) is 0 Å². The highest BCUT2D eigenvalue weighted by Crippen LogP contribution is 2.40. The number of fused-ring (bicyclic) bond motifs is 1. The molecule has 0 bridgehead atoms. The molecule has 0 atom stereocenters. The second-order valence-electron chi connectivity index (χ2n) is 6.41. The maximum absolute atomic E-state index is 12.1. The van der Waals surface area contributed by atoms with Crippen LogP contribution >= 0.6 is 0 Å². The van der Waals surface area contributed by atoms with E-state index in [1.165, 1.54) is 13.2 Å². The van der Waals surface area contributed by atoms with Gasteiger partial charge in [0.2, 0.25) is 11.7 Å². The quantitative estimate of drug-likeness (QED) is 0.428. The number of rotatable bonds is 9. The number of benzene rings is 3. The third kappa shape index (κ3) is 5.03. The van der Waals surface area contributed by atoms with Crippen LogP contribution in [0.25, 0.3) is 16.8 Å². The van der Waals surface area contributed by atoms with Crippen LogP contribution in [0.1, 0.15) is 5.56 Å². The van der Waals surface area contributed by atoms with Gasteiger partial charge in [-0.3, -0.25) is 4.79 Å². The topological polar surface area (TPSA) is 66.0 Å². The summed E-state index contributed by atoms with van der Waals surface area (Å²) in [6, 6.07) is 17.6. The Morgan fingerprint density at radius 3 is 2.40 bits per heavy atom. The van der Waals surface area contributed by atoms with Crippen molar-refractivity contribution >= 4 is 22.8 Å². The number of methoxy groups -OCH3 is 3. The minimum Gasteiger partial charge on any atom is -0.493 e. The first kappa shape index (κ1) is 21.0. The summed E-state index contributed by atoms with van der Waals surface area (Å²) in [6.07, 6.45) is 3.11. The molecule has 0 saturated heterocycles. The Bertz CT molecular complexity index is 1040. The predicted octanol–water partition coefficient (Wildman–Crippen LogP) is 4.07. The fourth-order valence-electron chi connectivity index (χ4n) is 3.08. The van der Waals surface area contributed by atoms with Gasteiger partial charge in [-0.2, -0.15) is 0 Å². The van der Waals surface area contributed by atoms with Gasteiger partial charge in [-0.1, -0.05) is 30.3 Å². The van der Waals surface area contributed by atoms with Crippen molar-refractivity contribution < 1.29 is 23.7 Å². The number of carbonyl (C=O) groups excluding carboxylic acids is 1. The Labute approximate surface area is 176 Å². The van der Waals surface area contributed by atoms with Gasteiger partial charge in [-0.15, -0.1) is 0 Å². The third-order valence-corrected chi connectivity index (χ3v) is 4.54. The minimum atomic E-state index is -0.228. The van der Waals surface area contributed by atoms with Gasteiger partial charge in [0, 0.05) is 11.6 Å². The highest BCUT2D eigenvalue weighted by Gasteiger charge is 2.14.